The van der Waals surface area contributed by atoms with Crippen molar-refractivity contribution in [3.05, 3.63) is 11.6 Å². The van der Waals surface area contributed by atoms with Gasteiger partial charge in [0.2, 0.25) is 0 Å². The SMILES string of the molecule is CC(=O)OC(CC[C@@H](C)[C@H]1CC=C2[C@@H]3C[C@H](OC(C)=O)[C@H]4C[C@@H](OC(C)=O)CC[C@]4(C)[C@H]3CC[C@@]21C)C(C)C. The minimum Gasteiger partial charge on any atom is -0.463 e. The average Bonchev–Trinajstić information content (AvgIpc) is 3.18. The molecule has 10 atom stereocenters. The zero-order valence-corrected chi connectivity index (χ0v) is 25.6. The van der Waals surface area contributed by atoms with E-state index >= 15 is 0 Å². The van der Waals surface area contributed by atoms with E-state index in [0.29, 0.717) is 29.6 Å². The molecule has 0 aromatic carbocycles. The van der Waals surface area contributed by atoms with Gasteiger partial charge in [0.1, 0.15) is 18.3 Å². The van der Waals surface area contributed by atoms with Crippen molar-refractivity contribution < 1.29 is 28.6 Å². The van der Waals surface area contributed by atoms with Gasteiger partial charge in [0, 0.05) is 26.7 Å². The summed E-state index contributed by atoms with van der Waals surface area (Å²) in [7, 11) is 0. The van der Waals surface area contributed by atoms with Gasteiger partial charge < -0.3 is 14.2 Å². The molecule has 39 heavy (non-hydrogen) atoms. The number of hydrogen-bond donors (Lipinski definition) is 0. The molecule has 0 saturated heterocycles. The van der Waals surface area contributed by atoms with Crippen LogP contribution in [-0.4, -0.2) is 36.2 Å². The lowest BCUT2D eigenvalue weighted by molar-refractivity contribution is -0.183. The van der Waals surface area contributed by atoms with Crippen LogP contribution in [0.4, 0.5) is 0 Å². The van der Waals surface area contributed by atoms with Crippen molar-refractivity contribution in [3.8, 4) is 0 Å². The molecule has 1 unspecified atom stereocenters. The van der Waals surface area contributed by atoms with Crippen LogP contribution < -0.4 is 0 Å². The normalized spacial score (nSPS) is 38.9. The fourth-order valence-electron chi connectivity index (χ4n) is 9.51. The second-order valence-corrected chi connectivity index (χ2v) is 14.1. The predicted molar refractivity (Wildman–Crippen MR) is 150 cm³/mol. The van der Waals surface area contributed by atoms with Crippen LogP contribution in [0.2, 0.25) is 0 Å². The Morgan fingerprint density at radius 2 is 1.59 bits per heavy atom. The predicted octanol–water partition coefficient (Wildman–Crippen LogP) is 7.04. The van der Waals surface area contributed by atoms with Crippen LogP contribution in [0.1, 0.15) is 113 Å². The first-order valence-corrected chi connectivity index (χ1v) is 15.5. The fourth-order valence-corrected chi connectivity index (χ4v) is 9.51. The first kappa shape index (κ1) is 30.1. The highest BCUT2D eigenvalue weighted by molar-refractivity contribution is 5.67. The lowest BCUT2D eigenvalue weighted by atomic mass is 9.45. The van der Waals surface area contributed by atoms with E-state index in [2.05, 4.69) is 40.7 Å². The molecule has 0 aliphatic heterocycles. The summed E-state index contributed by atoms with van der Waals surface area (Å²) in [6, 6.07) is 0. The van der Waals surface area contributed by atoms with E-state index in [1.165, 1.54) is 33.6 Å². The summed E-state index contributed by atoms with van der Waals surface area (Å²) in [5.41, 5.74) is 1.84. The van der Waals surface area contributed by atoms with Crippen molar-refractivity contribution >= 4 is 17.9 Å². The van der Waals surface area contributed by atoms with Gasteiger partial charge in [0.25, 0.3) is 0 Å². The molecule has 0 radical (unpaired) electrons. The van der Waals surface area contributed by atoms with Crippen LogP contribution in [0.25, 0.3) is 0 Å². The van der Waals surface area contributed by atoms with Crippen LogP contribution in [0.5, 0.6) is 0 Å². The quantitative estimate of drug-likeness (QED) is 0.185. The van der Waals surface area contributed by atoms with Gasteiger partial charge >= 0.3 is 17.9 Å². The molecule has 6 nitrogen and oxygen atoms in total. The molecule has 0 spiro atoms. The Balaban J connectivity index is 1.52. The van der Waals surface area contributed by atoms with Crippen molar-refractivity contribution in [1.82, 2.24) is 0 Å². The summed E-state index contributed by atoms with van der Waals surface area (Å²) in [4.78, 5) is 35.6. The van der Waals surface area contributed by atoms with E-state index in [-0.39, 0.29) is 53.0 Å². The monoisotopic (exact) mass is 544 g/mol. The zero-order chi connectivity index (χ0) is 28.7. The molecule has 220 valence electrons. The molecule has 0 aromatic heterocycles. The number of esters is 3. The van der Waals surface area contributed by atoms with E-state index in [9.17, 15) is 14.4 Å². The highest BCUT2D eigenvalue weighted by Gasteiger charge is 2.61. The van der Waals surface area contributed by atoms with E-state index in [1.54, 1.807) is 5.57 Å². The Morgan fingerprint density at radius 3 is 2.21 bits per heavy atom. The molecule has 0 bridgehead atoms. The van der Waals surface area contributed by atoms with E-state index in [1.807, 2.05) is 0 Å². The first-order chi connectivity index (χ1) is 18.3. The molecule has 6 heteroatoms. The van der Waals surface area contributed by atoms with Gasteiger partial charge in [0.05, 0.1) is 0 Å². The van der Waals surface area contributed by atoms with E-state index in [4.69, 9.17) is 14.2 Å². The van der Waals surface area contributed by atoms with E-state index < -0.39 is 0 Å². The summed E-state index contributed by atoms with van der Waals surface area (Å²) in [6.45, 7) is 16.1. The van der Waals surface area contributed by atoms with Gasteiger partial charge in [-0.05, 0) is 98.2 Å². The summed E-state index contributed by atoms with van der Waals surface area (Å²) in [5, 5.41) is 0. The van der Waals surface area contributed by atoms with Gasteiger partial charge in [-0.1, -0.05) is 46.3 Å². The number of allylic oxidation sites excluding steroid dienone is 2. The lowest BCUT2D eigenvalue weighted by Crippen LogP contribution is -2.57. The number of fused-ring (bicyclic) bond motifs is 5. The second kappa shape index (κ2) is 11.6. The molecule has 4 rings (SSSR count). The van der Waals surface area contributed by atoms with Crippen LogP contribution in [0.15, 0.2) is 11.6 Å². The third-order valence-electron chi connectivity index (χ3n) is 11.4. The number of rotatable bonds is 8. The zero-order valence-electron chi connectivity index (χ0n) is 25.6. The van der Waals surface area contributed by atoms with Gasteiger partial charge in [-0.2, -0.15) is 0 Å². The second-order valence-electron chi connectivity index (χ2n) is 14.1. The van der Waals surface area contributed by atoms with E-state index in [0.717, 1.165) is 44.9 Å². The minimum atomic E-state index is -0.224. The molecule has 0 heterocycles. The first-order valence-electron chi connectivity index (χ1n) is 15.5. The third-order valence-corrected chi connectivity index (χ3v) is 11.4. The number of carbonyl (C=O) groups excluding carboxylic acids is 3. The Morgan fingerprint density at radius 1 is 0.897 bits per heavy atom. The maximum atomic E-state index is 12.2. The van der Waals surface area contributed by atoms with Crippen molar-refractivity contribution in [3.63, 3.8) is 0 Å². The molecule has 3 saturated carbocycles. The highest BCUT2D eigenvalue weighted by Crippen LogP contribution is 2.67. The molecule has 4 aliphatic rings. The van der Waals surface area contributed by atoms with Crippen LogP contribution in [0, 0.1) is 46.3 Å². The topological polar surface area (TPSA) is 78.9 Å². The van der Waals surface area contributed by atoms with Crippen LogP contribution in [0.3, 0.4) is 0 Å². The number of hydrogen-bond acceptors (Lipinski definition) is 6. The molecule has 4 aliphatic carbocycles. The summed E-state index contributed by atoms with van der Waals surface area (Å²) < 4.78 is 17.4. The molecule has 0 amide bonds. The fraction of sp³-hybridized carbons (Fsp3) is 0.848. The Kier molecular flexibility index (Phi) is 8.93. The minimum absolute atomic E-state index is 0.0239. The molecular formula is C33H52O6. The highest BCUT2D eigenvalue weighted by atomic mass is 16.6. The molecule has 3 fully saturated rings. The number of carbonyl (C=O) groups is 3. The molecule has 0 N–H and O–H groups in total. The molecular weight excluding hydrogens is 492 g/mol. The van der Waals surface area contributed by atoms with Gasteiger partial charge in [-0.3, -0.25) is 14.4 Å². The maximum absolute atomic E-state index is 12.2. The third kappa shape index (κ3) is 5.95. The van der Waals surface area contributed by atoms with Crippen molar-refractivity contribution in [2.24, 2.45) is 46.3 Å². The number of ether oxygens (including phenoxy) is 3. The lowest BCUT2D eigenvalue weighted by Gasteiger charge is -2.61. The average molecular weight is 545 g/mol. The van der Waals surface area contributed by atoms with Crippen LogP contribution >= 0.6 is 0 Å². The smallest absolute Gasteiger partial charge is 0.302 e. The Labute approximate surface area is 236 Å². The van der Waals surface area contributed by atoms with Gasteiger partial charge in [-0.15, -0.1) is 0 Å². The van der Waals surface area contributed by atoms with Crippen molar-refractivity contribution in [1.29, 1.82) is 0 Å². The van der Waals surface area contributed by atoms with Crippen molar-refractivity contribution in [2.45, 2.75) is 131 Å². The van der Waals surface area contributed by atoms with Crippen LogP contribution in [-0.2, 0) is 28.6 Å². The summed E-state index contributed by atoms with van der Waals surface area (Å²) in [5.74, 6) is 2.02. The van der Waals surface area contributed by atoms with Gasteiger partial charge in [0.15, 0.2) is 0 Å². The summed E-state index contributed by atoms with van der Waals surface area (Å²) >= 11 is 0. The van der Waals surface area contributed by atoms with Gasteiger partial charge in [-0.25, -0.2) is 0 Å². The maximum Gasteiger partial charge on any atom is 0.302 e. The van der Waals surface area contributed by atoms with Crippen molar-refractivity contribution in [2.75, 3.05) is 0 Å². The Bertz CT molecular complexity index is 969. The summed E-state index contributed by atoms with van der Waals surface area (Å²) in [6.07, 6.45) is 11.3. The standard InChI is InChI=1S/C33H52O6/c1-19(2)30(38-22(5)35)12-9-20(3)26-10-11-27-25-18-31(39-23(6)36)29-17-24(37-21(4)34)13-15-33(29,8)28(25)14-16-32(26,27)7/h11,19-20,24-26,28-31H,9-10,12-18H2,1-8H3/t20-,24+,25+,26-,28+,29-,30?,31+,32-,33-/m1/s1. The Hall–Kier alpha value is -1.85. The molecule has 0 aromatic rings. The largest absolute Gasteiger partial charge is 0.463 e.